The molecule has 21 heavy (non-hydrogen) atoms. The molecule has 0 aliphatic heterocycles. The molecule has 1 aromatic heterocycles. The zero-order valence-electron chi connectivity index (χ0n) is 11.1. The monoisotopic (exact) mass is 292 g/mol. The lowest BCUT2D eigenvalue weighted by Crippen LogP contribution is -2.31. The topological polar surface area (TPSA) is 98.3 Å². The molecule has 0 spiro atoms. The summed E-state index contributed by atoms with van der Waals surface area (Å²) in [5.41, 5.74) is 0.105. The van der Waals surface area contributed by atoms with Gasteiger partial charge in [0.1, 0.15) is 5.82 Å². The number of aromatic carboxylic acids is 1. The van der Waals surface area contributed by atoms with E-state index in [1.165, 1.54) is 24.1 Å². The number of hydrogen-bond donors (Lipinski definition) is 3. The number of amides is 2. The first kappa shape index (κ1) is 14.5. The quantitative estimate of drug-likeness (QED) is 0.801. The Labute approximate surface area is 119 Å². The van der Waals surface area contributed by atoms with Crippen LogP contribution in [0.3, 0.4) is 0 Å². The Morgan fingerprint density at radius 3 is 2.86 bits per heavy atom. The summed E-state index contributed by atoms with van der Waals surface area (Å²) < 4.78 is 13.7. The number of H-pyrrole nitrogens is 1. The zero-order valence-corrected chi connectivity index (χ0v) is 11.1. The Morgan fingerprint density at radius 2 is 2.24 bits per heavy atom. The van der Waals surface area contributed by atoms with Crippen molar-refractivity contribution in [2.45, 2.75) is 6.54 Å². The van der Waals surface area contributed by atoms with Crippen LogP contribution in [0.4, 0.5) is 14.9 Å². The molecule has 0 bridgehead atoms. The third kappa shape index (κ3) is 3.35. The molecule has 0 fully saturated rings. The van der Waals surface area contributed by atoms with Gasteiger partial charge in [0, 0.05) is 18.8 Å². The first-order chi connectivity index (χ1) is 9.99. The van der Waals surface area contributed by atoms with Gasteiger partial charge in [-0.05, 0) is 12.1 Å². The van der Waals surface area contributed by atoms with Crippen LogP contribution in [0.1, 0.15) is 15.9 Å². The van der Waals surface area contributed by atoms with Gasteiger partial charge in [-0.1, -0.05) is 6.07 Å². The highest BCUT2D eigenvalue weighted by Gasteiger charge is 2.18. The van der Waals surface area contributed by atoms with Crippen LogP contribution in [0, 0.1) is 5.82 Å². The Hall–Kier alpha value is -2.90. The number of benzene rings is 1. The van der Waals surface area contributed by atoms with Gasteiger partial charge >= 0.3 is 12.0 Å². The van der Waals surface area contributed by atoms with E-state index in [4.69, 9.17) is 5.11 Å². The molecule has 0 atom stereocenters. The summed E-state index contributed by atoms with van der Waals surface area (Å²) >= 11 is 0. The molecule has 2 amide bonds. The molecule has 0 saturated carbocycles. The molecule has 0 unspecified atom stereocenters. The number of carbonyl (C=O) groups is 2. The van der Waals surface area contributed by atoms with Crippen LogP contribution in [0.15, 0.2) is 30.6 Å². The molecule has 0 radical (unpaired) electrons. The number of aromatic amines is 1. The second kappa shape index (κ2) is 6.04. The molecule has 2 aromatic rings. The van der Waals surface area contributed by atoms with Crippen LogP contribution < -0.4 is 5.32 Å². The van der Waals surface area contributed by atoms with Gasteiger partial charge in [0.15, 0.2) is 0 Å². The largest absolute Gasteiger partial charge is 0.478 e. The molecule has 8 heteroatoms. The third-order valence-electron chi connectivity index (χ3n) is 2.80. The van der Waals surface area contributed by atoms with Crippen LogP contribution in [-0.2, 0) is 6.54 Å². The minimum Gasteiger partial charge on any atom is -0.478 e. The van der Waals surface area contributed by atoms with Gasteiger partial charge in [0.25, 0.3) is 0 Å². The van der Waals surface area contributed by atoms with Gasteiger partial charge in [-0.15, -0.1) is 0 Å². The van der Waals surface area contributed by atoms with Crippen molar-refractivity contribution >= 4 is 17.7 Å². The number of carboxylic acid groups (broad SMARTS) is 1. The Bertz CT molecular complexity index is 657. The molecule has 1 heterocycles. The lowest BCUT2D eigenvalue weighted by atomic mass is 10.1. The minimum absolute atomic E-state index is 0.249. The average molecular weight is 292 g/mol. The number of para-hydroxylation sites is 1. The predicted molar refractivity (Wildman–Crippen MR) is 72.4 cm³/mol. The van der Waals surface area contributed by atoms with E-state index < -0.39 is 17.8 Å². The van der Waals surface area contributed by atoms with Crippen molar-refractivity contribution < 1.29 is 19.1 Å². The van der Waals surface area contributed by atoms with Crippen LogP contribution in [0.5, 0.6) is 0 Å². The van der Waals surface area contributed by atoms with Crippen LogP contribution >= 0.6 is 0 Å². The van der Waals surface area contributed by atoms with Gasteiger partial charge in [-0.2, -0.15) is 5.10 Å². The van der Waals surface area contributed by atoms with Gasteiger partial charge < -0.3 is 15.3 Å². The van der Waals surface area contributed by atoms with E-state index in [1.54, 1.807) is 12.4 Å². The number of rotatable bonds is 4. The molecule has 1 aromatic carbocycles. The fraction of sp³-hybridized carbons (Fsp3) is 0.154. The van der Waals surface area contributed by atoms with Crippen LogP contribution in [0.2, 0.25) is 0 Å². The summed E-state index contributed by atoms with van der Waals surface area (Å²) in [5, 5.41) is 17.6. The average Bonchev–Trinajstić information content (AvgIpc) is 2.93. The number of halogens is 1. The molecular formula is C13H13FN4O3. The maximum Gasteiger partial charge on any atom is 0.337 e. The maximum atomic E-state index is 13.7. The van der Waals surface area contributed by atoms with Crippen molar-refractivity contribution in [1.29, 1.82) is 0 Å². The minimum atomic E-state index is -1.32. The van der Waals surface area contributed by atoms with E-state index >= 15 is 0 Å². The van der Waals surface area contributed by atoms with Gasteiger partial charge in [0.05, 0.1) is 24.0 Å². The number of nitrogens with one attached hydrogen (secondary N) is 2. The van der Waals surface area contributed by atoms with Crippen molar-refractivity contribution in [2.24, 2.45) is 0 Å². The number of anilines is 1. The van der Waals surface area contributed by atoms with Crippen LogP contribution in [-0.4, -0.2) is 39.3 Å². The third-order valence-corrected chi connectivity index (χ3v) is 2.80. The Balaban J connectivity index is 2.14. The van der Waals surface area contributed by atoms with E-state index in [-0.39, 0.29) is 17.8 Å². The smallest absolute Gasteiger partial charge is 0.337 e. The van der Waals surface area contributed by atoms with Crippen molar-refractivity contribution in [3.05, 3.63) is 47.5 Å². The van der Waals surface area contributed by atoms with E-state index in [2.05, 4.69) is 15.5 Å². The molecular weight excluding hydrogens is 279 g/mol. The summed E-state index contributed by atoms with van der Waals surface area (Å²) in [7, 11) is 1.50. The molecule has 0 saturated heterocycles. The maximum absolute atomic E-state index is 13.7. The van der Waals surface area contributed by atoms with E-state index in [1.807, 2.05) is 0 Å². The van der Waals surface area contributed by atoms with E-state index in [0.717, 1.165) is 11.6 Å². The first-order valence-electron chi connectivity index (χ1n) is 6.00. The number of carbonyl (C=O) groups excluding carboxylic acids is 1. The molecule has 3 N–H and O–H groups in total. The Morgan fingerprint density at radius 1 is 1.48 bits per heavy atom. The van der Waals surface area contributed by atoms with Crippen molar-refractivity contribution in [3.63, 3.8) is 0 Å². The number of hydrogen-bond acceptors (Lipinski definition) is 3. The lowest BCUT2D eigenvalue weighted by Gasteiger charge is -2.18. The fourth-order valence-electron chi connectivity index (χ4n) is 1.74. The summed E-state index contributed by atoms with van der Waals surface area (Å²) in [4.78, 5) is 24.3. The van der Waals surface area contributed by atoms with E-state index in [0.29, 0.717) is 0 Å². The highest BCUT2D eigenvalue weighted by Crippen LogP contribution is 2.20. The standard InChI is InChI=1S/C13H13FN4O3/c1-18(7-8-5-15-16-6-8)13(21)17-11-9(12(19)20)3-2-4-10(11)14/h2-6H,7H2,1H3,(H,15,16)(H,17,21)(H,19,20). The predicted octanol–water partition coefficient (Wildman–Crippen LogP) is 1.91. The molecule has 7 nitrogen and oxygen atoms in total. The van der Waals surface area contributed by atoms with E-state index in [9.17, 15) is 14.0 Å². The fourth-order valence-corrected chi connectivity index (χ4v) is 1.74. The molecule has 0 aliphatic rings. The summed E-state index contributed by atoms with van der Waals surface area (Å²) in [6.07, 6.45) is 3.17. The van der Waals surface area contributed by atoms with Crippen molar-refractivity contribution in [2.75, 3.05) is 12.4 Å². The van der Waals surface area contributed by atoms with Gasteiger partial charge in [-0.25, -0.2) is 14.0 Å². The van der Waals surface area contributed by atoms with Gasteiger partial charge in [-0.3, -0.25) is 5.10 Å². The first-order valence-corrected chi connectivity index (χ1v) is 6.00. The zero-order chi connectivity index (χ0) is 15.4. The number of carboxylic acids is 1. The highest BCUT2D eigenvalue weighted by atomic mass is 19.1. The number of urea groups is 1. The number of nitrogens with zero attached hydrogens (tertiary/aromatic N) is 2. The molecule has 2 rings (SSSR count). The second-order valence-electron chi connectivity index (χ2n) is 4.36. The number of aromatic nitrogens is 2. The second-order valence-corrected chi connectivity index (χ2v) is 4.36. The SMILES string of the molecule is CN(Cc1cn[nH]c1)C(=O)Nc1c(F)cccc1C(=O)O. The summed E-state index contributed by atoms with van der Waals surface area (Å²) in [5.74, 6) is -2.12. The highest BCUT2D eigenvalue weighted by molar-refractivity contribution is 6.00. The lowest BCUT2D eigenvalue weighted by molar-refractivity contribution is 0.0697. The molecule has 110 valence electrons. The molecule has 0 aliphatic carbocycles. The Kier molecular flexibility index (Phi) is 4.17. The normalized spacial score (nSPS) is 10.2. The summed E-state index contributed by atoms with van der Waals surface area (Å²) in [6, 6.07) is 2.95. The van der Waals surface area contributed by atoms with Crippen molar-refractivity contribution in [1.82, 2.24) is 15.1 Å². The van der Waals surface area contributed by atoms with Crippen molar-refractivity contribution in [3.8, 4) is 0 Å². The summed E-state index contributed by atoms with van der Waals surface area (Å²) in [6.45, 7) is 0.249. The van der Waals surface area contributed by atoms with Crippen LogP contribution in [0.25, 0.3) is 0 Å². The van der Waals surface area contributed by atoms with Gasteiger partial charge in [0.2, 0.25) is 0 Å².